The fourth-order valence-corrected chi connectivity index (χ4v) is 2.59. The van der Waals surface area contributed by atoms with Gasteiger partial charge in [-0.25, -0.2) is 0 Å². The Kier molecular flexibility index (Phi) is 7.85. The lowest BCUT2D eigenvalue weighted by Crippen LogP contribution is -2.32. The normalized spacial score (nSPS) is 15.6. The van der Waals surface area contributed by atoms with E-state index in [1.807, 2.05) is 18.6 Å². The molecule has 0 amide bonds. The molecular weight excluding hydrogens is 320 g/mol. The molecule has 2 rings (SSSR count). The summed E-state index contributed by atoms with van der Waals surface area (Å²) < 4.78 is 0. The van der Waals surface area contributed by atoms with Gasteiger partial charge in [0, 0.05) is 25.7 Å². The SMILES string of the molecule is CN(C#N)C(N)=NNCCCCOn1cc(CN2CCCCC2)cn1. The van der Waals surface area contributed by atoms with Crippen LogP contribution in [0.3, 0.4) is 0 Å². The van der Waals surface area contributed by atoms with Crippen LogP contribution < -0.4 is 16.0 Å². The maximum Gasteiger partial charge on any atom is 0.226 e. The van der Waals surface area contributed by atoms with Crippen molar-refractivity contribution in [2.24, 2.45) is 10.8 Å². The van der Waals surface area contributed by atoms with Crippen LogP contribution in [0.25, 0.3) is 0 Å². The van der Waals surface area contributed by atoms with Crippen molar-refractivity contribution in [3.63, 3.8) is 0 Å². The Morgan fingerprint density at radius 1 is 1.44 bits per heavy atom. The lowest BCUT2D eigenvalue weighted by Gasteiger charge is -2.25. The van der Waals surface area contributed by atoms with Gasteiger partial charge < -0.3 is 16.0 Å². The van der Waals surface area contributed by atoms with Crippen LogP contribution in [0.15, 0.2) is 17.5 Å². The van der Waals surface area contributed by atoms with Crippen molar-refractivity contribution in [2.45, 2.75) is 38.6 Å². The molecule has 1 aliphatic heterocycles. The molecule has 0 atom stereocenters. The van der Waals surface area contributed by atoms with E-state index in [2.05, 4.69) is 20.5 Å². The molecule has 0 aromatic carbocycles. The smallest absolute Gasteiger partial charge is 0.226 e. The van der Waals surface area contributed by atoms with Gasteiger partial charge in [0.2, 0.25) is 5.96 Å². The molecule has 3 N–H and O–H groups in total. The lowest BCUT2D eigenvalue weighted by molar-refractivity contribution is 0.0793. The Hall–Kier alpha value is -2.47. The number of aromatic nitrogens is 2. The largest absolute Gasteiger partial charge is 0.397 e. The predicted octanol–water partition coefficient (Wildman–Crippen LogP) is 0.310. The van der Waals surface area contributed by atoms with E-state index in [9.17, 15) is 0 Å². The average Bonchev–Trinajstić information content (AvgIpc) is 3.08. The molecule has 1 aliphatic rings. The lowest BCUT2D eigenvalue weighted by atomic mass is 10.1. The summed E-state index contributed by atoms with van der Waals surface area (Å²) in [4.78, 5) is 10.8. The molecule has 9 nitrogen and oxygen atoms in total. The van der Waals surface area contributed by atoms with Crippen LogP contribution in [-0.2, 0) is 6.54 Å². The number of nitriles is 1. The Morgan fingerprint density at radius 3 is 3.00 bits per heavy atom. The number of rotatable bonds is 9. The van der Waals surface area contributed by atoms with Crippen molar-refractivity contribution < 1.29 is 4.84 Å². The second kappa shape index (κ2) is 10.4. The van der Waals surface area contributed by atoms with Crippen LogP contribution in [0.1, 0.15) is 37.7 Å². The number of likely N-dealkylation sites (tertiary alicyclic amines) is 1. The summed E-state index contributed by atoms with van der Waals surface area (Å²) in [5.41, 5.74) is 9.59. The van der Waals surface area contributed by atoms with Crippen LogP contribution in [0.2, 0.25) is 0 Å². The average molecular weight is 348 g/mol. The van der Waals surface area contributed by atoms with E-state index in [-0.39, 0.29) is 5.96 Å². The molecule has 138 valence electrons. The van der Waals surface area contributed by atoms with Gasteiger partial charge in [0.05, 0.1) is 12.4 Å². The molecule has 0 aliphatic carbocycles. The van der Waals surface area contributed by atoms with Gasteiger partial charge in [-0.1, -0.05) is 6.42 Å². The first-order chi connectivity index (χ1) is 12.2. The Balaban J connectivity index is 1.56. The van der Waals surface area contributed by atoms with Crippen LogP contribution in [-0.4, -0.2) is 59.0 Å². The van der Waals surface area contributed by atoms with Crippen molar-refractivity contribution >= 4 is 5.96 Å². The summed E-state index contributed by atoms with van der Waals surface area (Å²) in [5.74, 6) is 0.150. The Bertz CT molecular complexity index is 573. The third kappa shape index (κ3) is 6.89. The van der Waals surface area contributed by atoms with Crippen molar-refractivity contribution in [3.05, 3.63) is 18.0 Å². The number of nitrogens with two attached hydrogens (primary N) is 1. The molecule has 1 aromatic rings. The molecule has 9 heteroatoms. The fraction of sp³-hybridized carbons (Fsp3) is 0.688. The molecule has 0 radical (unpaired) electrons. The van der Waals surface area contributed by atoms with E-state index < -0.39 is 0 Å². The highest BCUT2D eigenvalue weighted by Crippen LogP contribution is 2.12. The standard InChI is InChI=1S/C16H28N8O/c1-22(14-17)16(18)21-19-7-3-6-10-25-24-13-15(11-20-24)12-23-8-4-2-5-9-23/h11,13,19H,2-10,12H2,1H3,(H2,18,21). The van der Waals surface area contributed by atoms with Crippen molar-refractivity contribution in [1.29, 1.82) is 5.26 Å². The van der Waals surface area contributed by atoms with Crippen molar-refractivity contribution in [1.82, 2.24) is 25.2 Å². The van der Waals surface area contributed by atoms with E-state index in [1.54, 1.807) is 11.9 Å². The van der Waals surface area contributed by atoms with Crippen LogP contribution in [0.4, 0.5) is 0 Å². The second-order valence-electron chi connectivity index (χ2n) is 6.17. The topological polar surface area (TPSA) is 108 Å². The number of piperidine rings is 1. The molecule has 1 fully saturated rings. The zero-order chi connectivity index (χ0) is 17.9. The van der Waals surface area contributed by atoms with Crippen LogP contribution in [0, 0.1) is 11.5 Å². The third-order valence-electron chi connectivity index (χ3n) is 4.06. The first-order valence-electron chi connectivity index (χ1n) is 8.77. The van der Waals surface area contributed by atoms with Crippen LogP contribution >= 0.6 is 0 Å². The number of unbranched alkanes of at least 4 members (excludes halogenated alkanes) is 1. The summed E-state index contributed by atoms with van der Waals surface area (Å²) >= 11 is 0. The highest BCUT2D eigenvalue weighted by Gasteiger charge is 2.11. The fourth-order valence-electron chi connectivity index (χ4n) is 2.59. The number of nitrogens with one attached hydrogen (secondary N) is 1. The van der Waals surface area contributed by atoms with E-state index in [0.29, 0.717) is 13.2 Å². The minimum Gasteiger partial charge on any atom is -0.397 e. The number of hydrazone groups is 1. The molecule has 2 heterocycles. The minimum atomic E-state index is 0.150. The first kappa shape index (κ1) is 18.9. The number of nitrogens with zero attached hydrogens (tertiary/aromatic N) is 6. The Labute approximate surface area is 149 Å². The monoisotopic (exact) mass is 348 g/mol. The molecule has 1 aromatic heterocycles. The van der Waals surface area contributed by atoms with E-state index in [4.69, 9.17) is 15.8 Å². The molecule has 0 bridgehead atoms. The van der Waals surface area contributed by atoms with Gasteiger partial charge in [-0.2, -0.15) is 5.26 Å². The zero-order valence-corrected chi connectivity index (χ0v) is 14.9. The van der Waals surface area contributed by atoms with E-state index in [1.165, 1.54) is 42.8 Å². The summed E-state index contributed by atoms with van der Waals surface area (Å²) in [7, 11) is 1.55. The maximum absolute atomic E-state index is 8.64. The number of guanidine groups is 1. The molecule has 0 spiro atoms. The van der Waals surface area contributed by atoms with Gasteiger partial charge in [-0.05, 0) is 38.8 Å². The zero-order valence-electron chi connectivity index (χ0n) is 14.9. The quantitative estimate of drug-likeness (QED) is 0.165. The van der Waals surface area contributed by atoms with Gasteiger partial charge in [0.25, 0.3) is 0 Å². The molecule has 0 saturated carbocycles. The second-order valence-corrected chi connectivity index (χ2v) is 6.17. The van der Waals surface area contributed by atoms with Gasteiger partial charge >= 0.3 is 0 Å². The van der Waals surface area contributed by atoms with Gasteiger partial charge in [0.15, 0.2) is 6.19 Å². The highest BCUT2D eigenvalue weighted by molar-refractivity contribution is 5.78. The summed E-state index contributed by atoms with van der Waals surface area (Å²) in [6.07, 6.45) is 11.4. The van der Waals surface area contributed by atoms with Gasteiger partial charge in [-0.3, -0.25) is 9.80 Å². The minimum absolute atomic E-state index is 0.150. The first-order valence-corrected chi connectivity index (χ1v) is 8.77. The molecule has 25 heavy (non-hydrogen) atoms. The number of hydrogen-bond donors (Lipinski definition) is 2. The van der Waals surface area contributed by atoms with Crippen LogP contribution in [0.5, 0.6) is 0 Å². The van der Waals surface area contributed by atoms with E-state index >= 15 is 0 Å². The van der Waals surface area contributed by atoms with Gasteiger partial charge in [-0.15, -0.1) is 15.0 Å². The Morgan fingerprint density at radius 2 is 2.24 bits per heavy atom. The molecular formula is C16H28N8O. The summed E-state index contributed by atoms with van der Waals surface area (Å²) in [6, 6.07) is 0. The summed E-state index contributed by atoms with van der Waals surface area (Å²) in [5, 5.41) is 16.8. The number of hydrogen-bond acceptors (Lipinski definition) is 6. The molecule has 1 saturated heterocycles. The summed E-state index contributed by atoms with van der Waals surface area (Å²) in [6.45, 7) is 4.56. The van der Waals surface area contributed by atoms with Crippen molar-refractivity contribution in [3.8, 4) is 6.19 Å². The maximum atomic E-state index is 8.64. The van der Waals surface area contributed by atoms with Crippen molar-refractivity contribution in [2.75, 3.05) is 33.3 Å². The molecule has 0 unspecified atom stereocenters. The predicted molar refractivity (Wildman–Crippen MR) is 95.0 cm³/mol. The van der Waals surface area contributed by atoms with E-state index in [0.717, 1.165) is 19.4 Å². The highest BCUT2D eigenvalue weighted by atomic mass is 16.7. The third-order valence-corrected chi connectivity index (χ3v) is 4.06. The van der Waals surface area contributed by atoms with Gasteiger partial charge in [0.1, 0.15) is 6.61 Å².